The molecule has 0 amide bonds. The third-order valence-electron chi connectivity index (χ3n) is 0.885. The van der Waals surface area contributed by atoms with Gasteiger partial charge in [0.25, 0.3) is 0 Å². The van der Waals surface area contributed by atoms with Gasteiger partial charge < -0.3 is 14.8 Å². The van der Waals surface area contributed by atoms with Crippen LogP contribution in [0.15, 0.2) is 24.5 Å². The van der Waals surface area contributed by atoms with E-state index >= 15 is 0 Å². The summed E-state index contributed by atoms with van der Waals surface area (Å²) in [5.74, 6) is 0.847. The van der Waals surface area contributed by atoms with E-state index < -0.39 is 7.69 Å². The van der Waals surface area contributed by atoms with Gasteiger partial charge in [0.2, 0.25) is 0 Å². The summed E-state index contributed by atoms with van der Waals surface area (Å²) in [5, 5.41) is 14.2. The number of pyridine rings is 1. The molecule has 0 bridgehead atoms. The molecule has 1 aromatic heterocycles. The molecule has 1 aromatic rings. The number of rotatable bonds is 1. The number of hydrogen-bond donors (Lipinski definition) is 2. The molecule has 11 heavy (non-hydrogen) atoms. The Balaban J connectivity index is 0.000000292. The number of ether oxygens (including phenoxy) is 1. The SMILES string of the molecule is COc1ccncc1.OBO. The highest BCUT2D eigenvalue weighted by Crippen LogP contribution is 2.03. The van der Waals surface area contributed by atoms with Gasteiger partial charge >= 0.3 is 7.69 Å². The average Bonchev–Trinajstić information content (AvgIpc) is 2.08. The zero-order valence-electron chi connectivity index (χ0n) is 6.27. The second kappa shape index (κ2) is 7.05. The summed E-state index contributed by atoms with van der Waals surface area (Å²) in [4.78, 5) is 3.81. The molecule has 0 aliphatic heterocycles. The Morgan fingerprint density at radius 2 is 1.82 bits per heavy atom. The summed E-state index contributed by atoms with van der Waals surface area (Å²) < 4.78 is 4.87. The van der Waals surface area contributed by atoms with Crippen LogP contribution in [-0.4, -0.2) is 29.8 Å². The standard InChI is InChI=1S/C6H7NO.BH3O2/c1-8-6-2-4-7-5-3-6;2-1-3/h2-5H,1H3;1-3H. The molecule has 0 spiro atoms. The molecule has 60 valence electrons. The minimum atomic E-state index is -0.750. The lowest BCUT2D eigenvalue weighted by molar-refractivity contribution is 0.414. The van der Waals surface area contributed by atoms with Gasteiger partial charge in [-0.05, 0) is 12.1 Å². The highest BCUT2D eigenvalue weighted by Gasteiger charge is 1.81. The topological polar surface area (TPSA) is 62.6 Å². The Hall–Kier alpha value is -1.07. The van der Waals surface area contributed by atoms with Crippen molar-refractivity contribution in [2.24, 2.45) is 0 Å². The van der Waals surface area contributed by atoms with Crippen molar-refractivity contribution in [3.8, 4) is 5.75 Å². The molecular weight excluding hydrogens is 145 g/mol. The van der Waals surface area contributed by atoms with Gasteiger partial charge in [-0.3, -0.25) is 4.98 Å². The van der Waals surface area contributed by atoms with Crippen LogP contribution >= 0.6 is 0 Å². The molecular formula is C6H10BNO3. The van der Waals surface area contributed by atoms with E-state index in [-0.39, 0.29) is 0 Å². The van der Waals surface area contributed by atoms with Gasteiger partial charge in [-0.2, -0.15) is 0 Å². The van der Waals surface area contributed by atoms with Crippen molar-refractivity contribution in [2.45, 2.75) is 0 Å². The van der Waals surface area contributed by atoms with E-state index in [0.29, 0.717) is 0 Å². The molecule has 0 atom stereocenters. The minimum Gasteiger partial charge on any atom is -0.497 e. The molecule has 0 fully saturated rings. The Bertz CT molecular complexity index is 171. The van der Waals surface area contributed by atoms with E-state index in [1.807, 2.05) is 0 Å². The van der Waals surface area contributed by atoms with Crippen LogP contribution in [0.2, 0.25) is 0 Å². The van der Waals surface area contributed by atoms with Crippen LogP contribution in [-0.2, 0) is 0 Å². The lowest BCUT2D eigenvalue weighted by Crippen LogP contribution is -1.80. The van der Waals surface area contributed by atoms with E-state index in [1.165, 1.54) is 0 Å². The second-order valence-electron chi connectivity index (χ2n) is 1.53. The van der Waals surface area contributed by atoms with Crippen molar-refractivity contribution >= 4 is 7.69 Å². The molecule has 5 heteroatoms. The van der Waals surface area contributed by atoms with E-state index in [2.05, 4.69) is 4.98 Å². The Kier molecular flexibility index (Phi) is 6.36. The monoisotopic (exact) mass is 155 g/mol. The molecule has 0 saturated carbocycles. The first kappa shape index (κ1) is 9.93. The van der Waals surface area contributed by atoms with Crippen LogP contribution in [0.5, 0.6) is 5.75 Å². The number of aromatic nitrogens is 1. The van der Waals surface area contributed by atoms with E-state index in [4.69, 9.17) is 14.8 Å². The molecule has 2 N–H and O–H groups in total. The third-order valence-corrected chi connectivity index (χ3v) is 0.885. The van der Waals surface area contributed by atoms with Gasteiger partial charge in [0.05, 0.1) is 7.11 Å². The number of nitrogens with zero attached hydrogens (tertiary/aromatic N) is 1. The van der Waals surface area contributed by atoms with Crippen LogP contribution in [0.3, 0.4) is 0 Å². The average molecular weight is 155 g/mol. The summed E-state index contributed by atoms with van der Waals surface area (Å²) in [6.07, 6.45) is 3.39. The molecule has 0 aromatic carbocycles. The fourth-order valence-electron chi connectivity index (χ4n) is 0.474. The largest absolute Gasteiger partial charge is 0.497 e. The first-order valence-corrected chi connectivity index (χ1v) is 3.01. The fourth-order valence-corrected chi connectivity index (χ4v) is 0.474. The number of methoxy groups -OCH3 is 1. The summed E-state index contributed by atoms with van der Waals surface area (Å²) in [6.45, 7) is 0. The summed E-state index contributed by atoms with van der Waals surface area (Å²) in [5.41, 5.74) is 0. The molecule has 0 radical (unpaired) electrons. The highest BCUT2D eigenvalue weighted by molar-refractivity contribution is 6.13. The first-order valence-electron chi connectivity index (χ1n) is 3.01. The number of hydrogen-bond acceptors (Lipinski definition) is 4. The van der Waals surface area contributed by atoms with Crippen molar-refractivity contribution in [2.75, 3.05) is 7.11 Å². The van der Waals surface area contributed by atoms with Gasteiger partial charge in [-0.25, -0.2) is 0 Å². The molecule has 1 rings (SSSR count). The lowest BCUT2D eigenvalue weighted by atomic mass is 10.5. The first-order chi connectivity index (χ1) is 5.35. The lowest BCUT2D eigenvalue weighted by Gasteiger charge is -1.93. The maximum atomic E-state index is 7.12. The Morgan fingerprint density at radius 1 is 1.36 bits per heavy atom. The van der Waals surface area contributed by atoms with Crippen LogP contribution in [0.25, 0.3) is 0 Å². The molecule has 0 unspecified atom stereocenters. The second-order valence-corrected chi connectivity index (χ2v) is 1.53. The van der Waals surface area contributed by atoms with Crippen molar-refractivity contribution in [1.29, 1.82) is 0 Å². The van der Waals surface area contributed by atoms with Gasteiger partial charge in [0, 0.05) is 12.4 Å². The van der Waals surface area contributed by atoms with E-state index in [1.54, 1.807) is 31.6 Å². The summed E-state index contributed by atoms with van der Waals surface area (Å²) in [7, 11) is 0.884. The van der Waals surface area contributed by atoms with E-state index in [0.717, 1.165) is 5.75 Å². The van der Waals surface area contributed by atoms with Crippen molar-refractivity contribution in [1.82, 2.24) is 4.98 Å². The highest BCUT2D eigenvalue weighted by atomic mass is 16.5. The van der Waals surface area contributed by atoms with Gasteiger partial charge in [-0.1, -0.05) is 0 Å². The van der Waals surface area contributed by atoms with E-state index in [9.17, 15) is 0 Å². The van der Waals surface area contributed by atoms with Crippen molar-refractivity contribution < 1.29 is 14.8 Å². The van der Waals surface area contributed by atoms with Crippen LogP contribution < -0.4 is 4.74 Å². The minimum absolute atomic E-state index is 0.750. The zero-order valence-corrected chi connectivity index (χ0v) is 6.27. The Labute approximate surface area is 65.8 Å². The van der Waals surface area contributed by atoms with Gasteiger partial charge in [0.15, 0.2) is 0 Å². The molecule has 4 nitrogen and oxygen atoms in total. The van der Waals surface area contributed by atoms with Crippen LogP contribution in [0, 0.1) is 0 Å². The quantitative estimate of drug-likeness (QED) is 0.527. The van der Waals surface area contributed by atoms with Gasteiger partial charge in [0.1, 0.15) is 5.75 Å². The predicted octanol–water partition coefficient (Wildman–Crippen LogP) is -0.672. The third kappa shape index (κ3) is 5.38. The normalized spacial score (nSPS) is 7.55. The molecule has 0 aliphatic rings. The molecule has 0 saturated heterocycles. The maximum absolute atomic E-state index is 7.12. The van der Waals surface area contributed by atoms with Crippen LogP contribution in [0.1, 0.15) is 0 Å². The smallest absolute Gasteiger partial charge is 0.432 e. The van der Waals surface area contributed by atoms with Crippen molar-refractivity contribution in [3.05, 3.63) is 24.5 Å². The summed E-state index contributed by atoms with van der Waals surface area (Å²) >= 11 is 0. The van der Waals surface area contributed by atoms with Crippen LogP contribution in [0.4, 0.5) is 0 Å². The molecule has 1 heterocycles. The summed E-state index contributed by atoms with van der Waals surface area (Å²) in [6, 6.07) is 3.61. The zero-order chi connectivity index (χ0) is 8.53. The Morgan fingerprint density at radius 3 is 2.09 bits per heavy atom. The molecule has 0 aliphatic carbocycles. The van der Waals surface area contributed by atoms with Crippen molar-refractivity contribution in [3.63, 3.8) is 0 Å². The maximum Gasteiger partial charge on any atom is 0.432 e. The fraction of sp³-hybridized carbons (Fsp3) is 0.167. The van der Waals surface area contributed by atoms with Gasteiger partial charge in [-0.15, -0.1) is 0 Å². The predicted molar refractivity (Wildman–Crippen MR) is 42.4 cm³/mol.